The number of ketones is 1. The molecule has 6 nitrogen and oxygen atoms in total. The van der Waals surface area contributed by atoms with Crippen LogP contribution in [-0.2, 0) is 13.1 Å². The molecule has 0 bridgehead atoms. The number of allylic oxidation sites excluding steroid dienone is 1. The fraction of sp³-hybridized carbons (Fsp3) is 0.240. The highest BCUT2D eigenvalue weighted by molar-refractivity contribution is 6.15. The number of aryl methyl sites for hydroxylation is 1. The quantitative estimate of drug-likeness (QED) is 0.547. The van der Waals surface area contributed by atoms with Crippen molar-refractivity contribution in [2.45, 2.75) is 26.9 Å². The van der Waals surface area contributed by atoms with Gasteiger partial charge in [-0.2, -0.15) is 0 Å². The second-order valence-electron chi connectivity index (χ2n) is 7.66. The zero-order valence-corrected chi connectivity index (χ0v) is 17.5. The molecule has 0 atom stereocenters. The third-order valence-corrected chi connectivity index (χ3v) is 5.44. The summed E-state index contributed by atoms with van der Waals surface area (Å²) in [5, 5.41) is 0. The number of rotatable bonds is 5. The van der Waals surface area contributed by atoms with Crippen LogP contribution in [0.25, 0.3) is 6.08 Å². The minimum Gasteiger partial charge on any atom is -0.494 e. The van der Waals surface area contributed by atoms with Gasteiger partial charge in [0.1, 0.15) is 29.7 Å². The van der Waals surface area contributed by atoms with E-state index in [1.165, 1.54) is 0 Å². The van der Waals surface area contributed by atoms with Crippen LogP contribution in [0.3, 0.4) is 0 Å². The number of fused-ring (bicyclic) bond motifs is 3. The van der Waals surface area contributed by atoms with E-state index in [2.05, 4.69) is 4.90 Å². The predicted molar refractivity (Wildman–Crippen MR) is 115 cm³/mol. The molecule has 0 fully saturated rings. The van der Waals surface area contributed by atoms with Gasteiger partial charge in [0.15, 0.2) is 5.76 Å². The second-order valence-corrected chi connectivity index (χ2v) is 7.66. The SMILES string of the molecule is CCOc1ccc(/C=C2\Oc3c4c(cc(C)c3C2=O)OCN(Cc2ccco2)C4)cc1. The summed E-state index contributed by atoms with van der Waals surface area (Å²) in [7, 11) is 0. The Labute approximate surface area is 180 Å². The van der Waals surface area contributed by atoms with Crippen LogP contribution < -0.4 is 14.2 Å². The van der Waals surface area contributed by atoms with Crippen molar-refractivity contribution < 1.29 is 23.4 Å². The van der Waals surface area contributed by atoms with Gasteiger partial charge in [-0.15, -0.1) is 0 Å². The van der Waals surface area contributed by atoms with Crippen molar-refractivity contribution in [3.8, 4) is 17.2 Å². The summed E-state index contributed by atoms with van der Waals surface area (Å²) < 4.78 is 23.0. The minimum atomic E-state index is -0.104. The molecule has 0 saturated carbocycles. The van der Waals surface area contributed by atoms with Gasteiger partial charge < -0.3 is 18.6 Å². The Morgan fingerprint density at radius 2 is 2.03 bits per heavy atom. The van der Waals surface area contributed by atoms with Crippen molar-refractivity contribution in [1.82, 2.24) is 4.90 Å². The normalized spacial score (nSPS) is 16.6. The molecule has 1 aromatic heterocycles. The van der Waals surface area contributed by atoms with Gasteiger partial charge in [-0.3, -0.25) is 9.69 Å². The molecule has 0 saturated heterocycles. The molecule has 158 valence electrons. The third-order valence-electron chi connectivity index (χ3n) is 5.44. The van der Waals surface area contributed by atoms with Gasteiger partial charge in [0.05, 0.1) is 30.5 Å². The molecule has 2 aliphatic rings. The van der Waals surface area contributed by atoms with Gasteiger partial charge in [0.2, 0.25) is 5.78 Å². The Hall–Kier alpha value is -3.51. The Balaban J connectivity index is 1.43. The van der Waals surface area contributed by atoms with Crippen LogP contribution in [0.15, 0.2) is 58.9 Å². The number of nitrogens with zero attached hydrogens (tertiary/aromatic N) is 1. The first kappa shape index (κ1) is 19.5. The number of ether oxygens (including phenoxy) is 3. The van der Waals surface area contributed by atoms with Gasteiger partial charge in [0, 0.05) is 6.54 Å². The van der Waals surface area contributed by atoms with Crippen molar-refractivity contribution >= 4 is 11.9 Å². The molecule has 31 heavy (non-hydrogen) atoms. The van der Waals surface area contributed by atoms with Crippen LogP contribution in [0.4, 0.5) is 0 Å². The summed E-state index contributed by atoms with van der Waals surface area (Å²) in [4.78, 5) is 15.2. The van der Waals surface area contributed by atoms with E-state index in [1.807, 2.05) is 56.3 Å². The molecule has 0 radical (unpaired) electrons. The minimum absolute atomic E-state index is 0.104. The lowest BCUT2D eigenvalue weighted by Crippen LogP contribution is -2.31. The predicted octanol–water partition coefficient (Wildman–Crippen LogP) is 4.96. The van der Waals surface area contributed by atoms with E-state index in [4.69, 9.17) is 18.6 Å². The monoisotopic (exact) mass is 417 g/mol. The molecular weight excluding hydrogens is 394 g/mol. The summed E-state index contributed by atoms with van der Waals surface area (Å²) in [5.74, 6) is 3.24. The van der Waals surface area contributed by atoms with Gasteiger partial charge in [0.25, 0.3) is 0 Å². The van der Waals surface area contributed by atoms with Crippen molar-refractivity contribution in [3.63, 3.8) is 0 Å². The van der Waals surface area contributed by atoms with Crippen molar-refractivity contribution in [2.24, 2.45) is 0 Å². The summed E-state index contributed by atoms with van der Waals surface area (Å²) in [6.45, 7) is 6.16. The molecule has 5 rings (SSSR count). The molecule has 2 aromatic carbocycles. The zero-order chi connectivity index (χ0) is 21.4. The summed E-state index contributed by atoms with van der Waals surface area (Å²) >= 11 is 0. The summed E-state index contributed by atoms with van der Waals surface area (Å²) in [6.07, 6.45) is 3.43. The molecule has 6 heteroatoms. The fourth-order valence-corrected chi connectivity index (χ4v) is 3.98. The number of furan rings is 1. The first-order valence-electron chi connectivity index (χ1n) is 10.3. The highest BCUT2D eigenvalue weighted by Crippen LogP contribution is 2.44. The molecule has 0 spiro atoms. The average Bonchev–Trinajstić information content (AvgIpc) is 3.39. The first-order valence-corrected chi connectivity index (χ1v) is 10.3. The van der Waals surface area contributed by atoms with E-state index in [1.54, 1.807) is 12.3 Å². The Morgan fingerprint density at radius 3 is 2.77 bits per heavy atom. The number of carbonyl (C=O) groups is 1. The number of hydrogen-bond acceptors (Lipinski definition) is 6. The third kappa shape index (κ3) is 3.70. The molecule has 0 N–H and O–H groups in total. The fourth-order valence-electron chi connectivity index (χ4n) is 3.98. The Kier molecular flexibility index (Phi) is 5.00. The lowest BCUT2D eigenvalue weighted by atomic mass is 9.98. The number of carbonyl (C=O) groups excluding carboxylic acids is 1. The first-order chi connectivity index (χ1) is 15.1. The zero-order valence-electron chi connectivity index (χ0n) is 17.5. The van der Waals surface area contributed by atoms with E-state index in [0.29, 0.717) is 43.5 Å². The standard InChI is InChI=1S/C25H23NO5/c1-3-28-18-8-6-17(7-9-18)12-22-24(27)23-16(2)11-21-20(25(23)31-22)14-26(15-30-21)13-19-5-4-10-29-19/h4-12H,3,13-15H2,1-2H3/b22-12-. The molecular formula is C25H23NO5. The topological polar surface area (TPSA) is 61.1 Å². The molecule has 0 unspecified atom stereocenters. The van der Waals surface area contributed by atoms with Crippen molar-refractivity contribution in [3.05, 3.63) is 82.5 Å². The lowest BCUT2D eigenvalue weighted by molar-refractivity contribution is 0.0809. The van der Waals surface area contributed by atoms with Crippen LogP contribution in [-0.4, -0.2) is 24.0 Å². The molecule has 2 aliphatic heterocycles. The summed E-state index contributed by atoms with van der Waals surface area (Å²) in [6, 6.07) is 13.3. The second kappa shape index (κ2) is 7.96. The van der Waals surface area contributed by atoms with Gasteiger partial charge in [-0.1, -0.05) is 12.1 Å². The van der Waals surface area contributed by atoms with Crippen LogP contribution in [0.2, 0.25) is 0 Å². The van der Waals surface area contributed by atoms with E-state index in [0.717, 1.165) is 33.9 Å². The Bertz CT molecular complexity index is 1150. The van der Waals surface area contributed by atoms with Crippen LogP contribution in [0, 0.1) is 6.92 Å². The highest BCUT2D eigenvalue weighted by atomic mass is 16.5. The van der Waals surface area contributed by atoms with Crippen LogP contribution >= 0.6 is 0 Å². The van der Waals surface area contributed by atoms with E-state index in [9.17, 15) is 4.79 Å². The van der Waals surface area contributed by atoms with E-state index >= 15 is 0 Å². The smallest absolute Gasteiger partial charge is 0.232 e. The maximum absolute atomic E-state index is 13.1. The number of hydrogen-bond donors (Lipinski definition) is 0. The average molecular weight is 417 g/mol. The Morgan fingerprint density at radius 1 is 1.19 bits per heavy atom. The van der Waals surface area contributed by atoms with Crippen molar-refractivity contribution in [2.75, 3.05) is 13.3 Å². The van der Waals surface area contributed by atoms with Gasteiger partial charge in [-0.05, 0) is 61.4 Å². The van der Waals surface area contributed by atoms with E-state index < -0.39 is 0 Å². The number of Topliss-reactive ketones (excluding diaryl/α,β-unsaturated/α-hetero) is 1. The maximum atomic E-state index is 13.1. The largest absolute Gasteiger partial charge is 0.494 e. The van der Waals surface area contributed by atoms with Crippen molar-refractivity contribution in [1.29, 1.82) is 0 Å². The van der Waals surface area contributed by atoms with E-state index in [-0.39, 0.29) is 5.78 Å². The highest BCUT2D eigenvalue weighted by Gasteiger charge is 2.35. The molecule has 3 aromatic rings. The maximum Gasteiger partial charge on any atom is 0.232 e. The van der Waals surface area contributed by atoms with Crippen LogP contribution in [0.5, 0.6) is 17.2 Å². The molecule has 3 heterocycles. The van der Waals surface area contributed by atoms with Gasteiger partial charge in [-0.25, -0.2) is 0 Å². The molecule has 0 amide bonds. The van der Waals surface area contributed by atoms with Crippen LogP contribution in [0.1, 0.15) is 39.7 Å². The number of benzene rings is 2. The lowest BCUT2D eigenvalue weighted by Gasteiger charge is -2.29. The summed E-state index contributed by atoms with van der Waals surface area (Å²) in [5.41, 5.74) is 3.23. The molecule has 0 aliphatic carbocycles. The van der Waals surface area contributed by atoms with Gasteiger partial charge >= 0.3 is 0 Å².